The van der Waals surface area contributed by atoms with Gasteiger partial charge in [0.25, 0.3) is 0 Å². The summed E-state index contributed by atoms with van der Waals surface area (Å²) in [5.41, 5.74) is 2.07. The lowest BCUT2D eigenvalue weighted by atomic mass is 10.1. The predicted octanol–water partition coefficient (Wildman–Crippen LogP) is 2.27. The van der Waals surface area contributed by atoms with E-state index in [1.165, 1.54) is 6.92 Å². The van der Waals surface area contributed by atoms with E-state index in [2.05, 4.69) is 0 Å². The summed E-state index contributed by atoms with van der Waals surface area (Å²) in [6, 6.07) is 3.48. The number of benzene rings is 1. The van der Waals surface area contributed by atoms with E-state index in [0.717, 1.165) is 5.56 Å². The number of rotatable bonds is 3. The van der Waals surface area contributed by atoms with Crippen LogP contribution in [0, 0.1) is 26.0 Å². The molecule has 0 heterocycles. The maximum atomic E-state index is 12.3. The van der Waals surface area contributed by atoms with Crippen LogP contribution in [-0.2, 0) is 14.8 Å². The van der Waals surface area contributed by atoms with Gasteiger partial charge in [0.15, 0.2) is 0 Å². The normalized spacial score (nSPS) is 13.1. The van der Waals surface area contributed by atoms with Crippen LogP contribution in [0.2, 0.25) is 0 Å². The van der Waals surface area contributed by atoms with Gasteiger partial charge in [-0.2, -0.15) is 8.42 Å². The van der Waals surface area contributed by atoms with Gasteiger partial charge in [-0.25, -0.2) is 0 Å². The maximum Gasteiger partial charge on any atom is 0.408 e. The quantitative estimate of drug-likeness (QED) is 0.281. The molecular formula is C13H19NO4S. The fourth-order valence-electron chi connectivity index (χ4n) is 2.09. The molecule has 0 fully saturated rings. The molecule has 5 nitrogen and oxygen atoms in total. The number of hydrogen-bond acceptors (Lipinski definition) is 4. The van der Waals surface area contributed by atoms with Crippen molar-refractivity contribution in [2.75, 3.05) is 6.61 Å². The molecule has 0 atom stereocenters. The van der Waals surface area contributed by atoms with Gasteiger partial charge in [0.2, 0.25) is 0 Å². The van der Waals surface area contributed by atoms with Gasteiger partial charge in [0, 0.05) is 0 Å². The van der Waals surface area contributed by atoms with E-state index in [1.54, 1.807) is 32.9 Å². The zero-order chi connectivity index (χ0) is 14.8. The number of sulfonamides is 1. The lowest BCUT2D eigenvalue weighted by Gasteiger charge is -2.12. The first kappa shape index (κ1) is 15.5. The number of aryl methyl sites for hydroxylation is 3. The molecule has 0 aliphatic carbocycles. The first-order chi connectivity index (χ1) is 8.71. The van der Waals surface area contributed by atoms with Gasteiger partial charge < -0.3 is 9.94 Å². The summed E-state index contributed by atoms with van der Waals surface area (Å²) in [7, 11) is -4.12. The zero-order valence-electron chi connectivity index (χ0n) is 11.9. The Morgan fingerprint density at radius 3 is 2.16 bits per heavy atom. The molecule has 0 spiro atoms. The summed E-state index contributed by atoms with van der Waals surface area (Å²) in [6.45, 7) is 8.50. The molecule has 0 bridgehead atoms. The highest BCUT2D eigenvalue weighted by atomic mass is 32.2. The third kappa shape index (κ3) is 3.07. The van der Waals surface area contributed by atoms with Crippen molar-refractivity contribution < 1.29 is 17.3 Å². The van der Waals surface area contributed by atoms with E-state index in [4.69, 9.17) is 4.74 Å². The van der Waals surface area contributed by atoms with Crippen molar-refractivity contribution in [2.45, 2.75) is 39.5 Å². The SMILES string of the molecule is CCO/C(C)=[N+](/[O-])S(=O)(=O)c1c(C)cc(C)cc1C. The first-order valence-electron chi connectivity index (χ1n) is 5.98. The van der Waals surface area contributed by atoms with Crippen LogP contribution in [0.4, 0.5) is 0 Å². The lowest BCUT2D eigenvalue weighted by molar-refractivity contribution is -0.296. The molecule has 6 heteroatoms. The highest BCUT2D eigenvalue weighted by molar-refractivity contribution is 7.85. The highest BCUT2D eigenvalue weighted by Crippen LogP contribution is 2.23. The Bertz CT molecular complexity index is 595. The lowest BCUT2D eigenvalue weighted by Crippen LogP contribution is -2.24. The van der Waals surface area contributed by atoms with Gasteiger partial charge in [-0.1, -0.05) is 21.8 Å². The first-order valence-corrected chi connectivity index (χ1v) is 7.42. The molecule has 0 aliphatic heterocycles. The Morgan fingerprint density at radius 1 is 1.26 bits per heavy atom. The van der Waals surface area contributed by atoms with E-state index in [1.807, 2.05) is 6.92 Å². The van der Waals surface area contributed by atoms with Gasteiger partial charge in [0.1, 0.15) is 4.90 Å². The molecule has 0 radical (unpaired) electrons. The van der Waals surface area contributed by atoms with Crippen LogP contribution in [0.5, 0.6) is 0 Å². The monoisotopic (exact) mass is 285 g/mol. The molecule has 1 aromatic carbocycles. The standard InChI is InChI=1S/C13H19NO4S/c1-6-18-12(5)14(15)19(16,17)13-10(3)7-9(2)8-11(13)4/h7-8H,6H2,1-5H3/b14-12-. The number of nitrogens with zero attached hydrogens (tertiary/aromatic N) is 1. The summed E-state index contributed by atoms with van der Waals surface area (Å²) in [5.74, 6) is -0.179. The topological polar surface area (TPSA) is 69.4 Å². The van der Waals surface area contributed by atoms with E-state index in [0.29, 0.717) is 11.1 Å². The molecule has 0 aliphatic rings. The molecule has 1 rings (SSSR count). The van der Waals surface area contributed by atoms with Crippen molar-refractivity contribution >= 4 is 15.9 Å². The average molecular weight is 285 g/mol. The van der Waals surface area contributed by atoms with E-state index < -0.39 is 10.0 Å². The molecule has 0 aromatic heterocycles. The average Bonchev–Trinajstić information content (AvgIpc) is 2.26. The van der Waals surface area contributed by atoms with Crippen molar-refractivity contribution in [3.8, 4) is 0 Å². The third-order valence-corrected chi connectivity index (χ3v) is 4.54. The molecule has 0 unspecified atom stereocenters. The van der Waals surface area contributed by atoms with Crippen LogP contribution in [-0.4, -0.2) is 25.1 Å². The van der Waals surface area contributed by atoms with Crippen LogP contribution in [0.25, 0.3) is 0 Å². The maximum absolute atomic E-state index is 12.3. The second-order valence-electron chi connectivity index (χ2n) is 4.41. The van der Waals surface area contributed by atoms with Crippen molar-refractivity contribution in [3.63, 3.8) is 0 Å². The van der Waals surface area contributed by atoms with Gasteiger partial charge in [0.05, 0.1) is 13.5 Å². The largest absolute Gasteiger partial charge is 0.605 e. The Balaban J connectivity index is 3.49. The van der Waals surface area contributed by atoms with Crippen molar-refractivity contribution in [2.24, 2.45) is 0 Å². The molecule has 0 saturated carbocycles. The molecule has 0 amide bonds. The molecule has 0 N–H and O–H groups in total. The Labute approximate surface area is 114 Å². The Morgan fingerprint density at radius 2 is 1.74 bits per heavy atom. The molecular weight excluding hydrogens is 266 g/mol. The van der Waals surface area contributed by atoms with Gasteiger partial charge in [-0.05, 0) is 38.8 Å². The minimum Gasteiger partial charge on any atom is -0.605 e. The highest BCUT2D eigenvalue weighted by Gasteiger charge is 2.30. The van der Waals surface area contributed by atoms with E-state index in [9.17, 15) is 13.6 Å². The summed E-state index contributed by atoms with van der Waals surface area (Å²) < 4.78 is 29.5. The van der Waals surface area contributed by atoms with Gasteiger partial charge >= 0.3 is 15.9 Å². The summed E-state index contributed by atoms with van der Waals surface area (Å²) >= 11 is 0. The molecule has 0 saturated heterocycles. The van der Waals surface area contributed by atoms with Crippen LogP contribution in [0.3, 0.4) is 0 Å². The smallest absolute Gasteiger partial charge is 0.408 e. The van der Waals surface area contributed by atoms with Crippen LogP contribution in [0.1, 0.15) is 30.5 Å². The fraction of sp³-hybridized carbons (Fsp3) is 0.462. The van der Waals surface area contributed by atoms with Crippen molar-refractivity contribution in [1.29, 1.82) is 0 Å². The van der Waals surface area contributed by atoms with Crippen molar-refractivity contribution in [1.82, 2.24) is 0 Å². The van der Waals surface area contributed by atoms with Crippen LogP contribution >= 0.6 is 0 Å². The predicted molar refractivity (Wildman–Crippen MR) is 73.8 cm³/mol. The Kier molecular flexibility index (Phi) is 4.57. The second kappa shape index (κ2) is 5.61. The summed E-state index contributed by atoms with van der Waals surface area (Å²) in [6.07, 6.45) is 0. The zero-order valence-corrected chi connectivity index (χ0v) is 12.7. The van der Waals surface area contributed by atoms with Gasteiger partial charge in [-0.15, -0.1) is 0 Å². The van der Waals surface area contributed by atoms with Crippen LogP contribution in [0.15, 0.2) is 17.0 Å². The minimum atomic E-state index is -4.12. The van der Waals surface area contributed by atoms with Gasteiger partial charge in [-0.3, -0.25) is 0 Å². The fourth-order valence-corrected chi connectivity index (χ4v) is 3.58. The molecule has 19 heavy (non-hydrogen) atoms. The van der Waals surface area contributed by atoms with Crippen molar-refractivity contribution in [3.05, 3.63) is 34.0 Å². The van der Waals surface area contributed by atoms with E-state index >= 15 is 0 Å². The van der Waals surface area contributed by atoms with Crippen LogP contribution < -0.4 is 0 Å². The van der Waals surface area contributed by atoms with E-state index in [-0.39, 0.29) is 21.5 Å². The minimum absolute atomic E-state index is 0.0483. The number of hydrogen-bond donors (Lipinski definition) is 0. The summed E-state index contributed by atoms with van der Waals surface area (Å²) in [5, 5.41) is 11.9. The summed E-state index contributed by atoms with van der Waals surface area (Å²) in [4.78, 5) is 0.0483. The third-order valence-electron chi connectivity index (χ3n) is 2.69. The molecule has 106 valence electrons. The second-order valence-corrected chi connectivity index (χ2v) is 6.10. The molecule has 1 aromatic rings. The Hall–Kier alpha value is -1.56. The number of ether oxygens (including phenoxy) is 1.